The monoisotopic (exact) mass is 398 g/mol. The van der Waals surface area contributed by atoms with Gasteiger partial charge in [0.1, 0.15) is 11.5 Å². The number of hydrogen-bond donors (Lipinski definition) is 0. The van der Waals surface area contributed by atoms with Crippen molar-refractivity contribution >= 4 is 29.0 Å². The smallest absolute Gasteiger partial charge is 0.277 e. The van der Waals surface area contributed by atoms with Crippen LogP contribution in [0.5, 0.6) is 0 Å². The molecule has 0 unspecified atom stereocenters. The first-order valence-electron chi connectivity index (χ1n) is 9.40. The highest BCUT2D eigenvalue weighted by atomic mass is 35.5. The standard InChI is InChI=1S/C22H20ClFN2O2/c23-17-7-3-15(4-8-17)11-14-26-21(27)19(16-5-9-18(24)10-6-16)20(22(26)28)25-12-1-2-13-25/h3-10H,1-2,11-14H2. The van der Waals surface area contributed by atoms with Gasteiger partial charge in [0, 0.05) is 24.7 Å². The van der Waals surface area contributed by atoms with Gasteiger partial charge in [0.25, 0.3) is 11.8 Å². The summed E-state index contributed by atoms with van der Waals surface area (Å²) in [5.74, 6) is -0.948. The number of rotatable bonds is 5. The van der Waals surface area contributed by atoms with Crippen molar-refractivity contribution in [2.75, 3.05) is 19.6 Å². The molecule has 2 aromatic carbocycles. The number of hydrogen-bond acceptors (Lipinski definition) is 3. The highest BCUT2D eigenvalue weighted by Gasteiger charge is 2.41. The molecule has 0 saturated carbocycles. The summed E-state index contributed by atoms with van der Waals surface area (Å²) in [4.78, 5) is 29.6. The van der Waals surface area contributed by atoms with Crippen LogP contribution in [0.4, 0.5) is 4.39 Å². The number of imide groups is 1. The third-order valence-corrected chi connectivity index (χ3v) is 5.49. The first-order valence-corrected chi connectivity index (χ1v) is 9.78. The fraction of sp³-hybridized carbons (Fsp3) is 0.273. The Labute approximate surface area is 168 Å². The Bertz CT molecular complexity index is 932. The molecule has 1 saturated heterocycles. The molecule has 0 radical (unpaired) electrons. The highest BCUT2D eigenvalue weighted by molar-refractivity contribution is 6.35. The molecule has 0 atom stereocenters. The third kappa shape index (κ3) is 3.54. The van der Waals surface area contributed by atoms with Crippen LogP contribution in [0.25, 0.3) is 5.57 Å². The lowest BCUT2D eigenvalue weighted by Gasteiger charge is -2.20. The predicted molar refractivity (Wildman–Crippen MR) is 106 cm³/mol. The van der Waals surface area contributed by atoms with Gasteiger partial charge in [-0.3, -0.25) is 14.5 Å². The number of nitrogens with zero attached hydrogens (tertiary/aromatic N) is 2. The fourth-order valence-corrected chi connectivity index (χ4v) is 3.90. The second-order valence-corrected chi connectivity index (χ2v) is 7.50. The molecule has 0 spiro atoms. The normalized spacial score (nSPS) is 17.2. The summed E-state index contributed by atoms with van der Waals surface area (Å²) in [7, 11) is 0. The quantitative estimate of drug-likeness (QED) is 0.717. The largest absolute Gasteiger partial charge is 0.366 e. The van der Waals surface area contributed by atoms with Gasteiger partial charge in [0.15, 0.2) is 0 Å². The summed E-state index contributed by atoms with van der Waals surface area (Å²) in [5, 5.41) is 0.647. The Morgan fingerprint density at radius 2 is 1.54 bits per heavy atom. The van der Waals surface area contributed by atoms with Crippen LogP contribution in [0.15, 0.2) is 54.2 Å². The Kier molecular flexibility index (Phi) is 5.18. The second-order valence-electron chi connectivity index (χ2n) is 7.06. The average Bonchev–Trinajstić information content (AvgIpc) is 3.29. The highest BCUT2D eigenvalue weighted by Crippen LogP contribution is 2.33. The summed E-state index contributed by atoms with van der Waals surface area (Å²) in [5.41, 5.74) is 2.41. The molecule has 1 fully saturated rings. The lowest BCUT2D eigenvalue weighted by atomic mass is 10.0. The van der Waals surface area contributed by atoms with Crippen LogP contribution in [0.2, 0.25) is 5.02 Å². The molecule has 0 aromatic heterocycles. The van der Waals surface area contributed by atoms with Gasteiger partial charge in [0.2, 0.25) is 0 Å². The number of amides is 2. The first-order chi connectivity index (χ1) is 13.5. The van der Waals surface area contributed by atoms with Gasteiger partial charge in [-0.25, -0.2) is 4.39 Å². The van der Waals surface area contributed by atoms with E-state index < -0.39 is 0 Å². The zero-order chi connectivity index (χ0) is 19.7. The van der Waals surface area contributed by atoms with Crippen molar-refractivity contribution < 1.29 is 14.0 Å². The van der Waals surface area contributed by atoms with Crippen molar-refractivity contribution in [2.24, 2.45) is 0 Å². The van der Waals surface area contributed by atoms with E-state index in [1.807, 2.05) is 17.0 Å². The molecule has 2 aliphatic rings. The lowest BCUT2D eigenvalue weighted by molar-refractivity contribution is -0.137. The molecule has 2 aromatic rings. The Balaban J connectivity index is 1.63. The van der Waals surface area contributed by atoms with Crippen molar-refractivity contribution in [1.82, 2.24) is 9.80 Å². The molecule has 4 rings (SSSR count). The minimum Gasteiger partial charge on any atom is -0.366 e. The van der Waals surface area contributed by atoms with E-state index in [4.69, 9.17) is 11.6 Å². The average molecular weight is 399 g/mol. The second kappa shape index (κ2) is 7.76. The van der Waals surface area contributed by atoms with Crippen molar-refractivity contribution in [3.8, 4) is 0 Å². The van der Waals surface area contributed by atoms with E-state index in [0.29, 0.717) is 34.8 Å². The maximum Gasteiger partial charge on any atom is 0.277 e. The topological polar surface area (TPSA) is 40.6 Å². The molecule has 28 heavy (non-hydrogen) atoms. The molecule has 0 N–H and O–H groups in total. The molecule has 0 bridgehead atoms. The van der Waals surface area contributed by atoms with Crippen molar-refractivity contribution in [2.45, 2.75) is 19.3 Å². The summed E-state index contributed by atoms with van der Waals surface area (Å²) in [6.07, 6.45) is 2.54. The predicted octanol–water partition coefficient (Wildman–Crippen LogP) is 3.90. The van der Waals surface area contributed by atoms with Crippen LogP contribution >= 0.6 is 11.6 Å². The van der Waals surface area contributed by atoms with Gasteiger partial charge < -0.3 is 4.90 Å². The number of likely N-dealkylation sites (tertiary alicyclic amines) is 1. The zero-order valence-electron chi connectivity index (χ0n) is 15.3. The molecule has 2 aliphatic heterocycles. The van der Waals surface area contributed by atoms with Crippen LogP contribution in [0, 0.1) is 5.82 Å². The summed E-state index contributed by atoms with van der Waals surface area (Å²) in [6.45, 7) is 1.80. The van der Waals surface area contributed by atoms with Gasteiger partial charge in [-0.05, 0) is 54.7 Å². The van der Waals surface area contributed by atoms with E-state index in [1.165, 1.54) is 17.0 Å². The molecule has 6 heteroatoms. The van der Waals surface area contributed by atoms with Gasteiger partial charge in [-0.15, -0.1) is 0 Å². The Morgan fingerprint density at radius 1 is 0.893 bits per heavy atom. The van der Waals surface area contributed by atoms with Gasteiger partial charge in [-0.2, -0.15) is 0 Å². The van der Waals surface area contributed by atoms with Crippen LogP contribution in [-0.2, 0) is 16.0 Å². The van der Waals surface area contributed by atoms with Crippen molar-refractivity contribution in [1.29, 1.82) is 0 Å². The third-order valence-electron chi connectivity index (χ3n) is 5.24. The number of benzene rings is 2. The lowest BCUT2D eigenvalue weighted by Crippen LogP contribution is -2.36. The molecular formula is C22H20ClFN2O2. The SMILES string of the molecule is O=C1C(c2ccc(F)cc2)=C(N2CCCC2)C(=O)N1CCc1ccc(Cl)cc1. The van der Waals surface area contributed by atoms with E-state index in [9.17, 15) is 14.0 Å². The van der Waals surface area contributed by atoms with Crippen LogP contribution in [0.3, 0.4) is 0 Å². The zero-order valence-corrected chi connectivity index (χ0v) is 16.1. The minimum absolute atomic E-state index is 0.264. The van der Waals surface area contributed by atoms with E-state index >= 15 is 0 Å². The molecular weight excluding hydrogens is 379 g/mol. The molecule has 4 nitrogen and oxygen atoms in total. The van der Waals surface area contributed by atoms with E-state index in [1.54, 1.807) is 24.3 Å². The fourth-order valence-electron chi connectivity index (χ4n) is 3.77. The summed E-state index contributed by atoms with van der Waals surface area (Å²) < 4.78 is 13.4. The first kappa shape index (κ1) is 18.7. The van der Waals surface area contributed by atoms with Crippen LogP contribution in [0.1, 0.15) is 24.0 Å². The molecule has 0 aliphatic carbocycles. The van der Waals surface area contributed by atoms with E-state index in [-0.39, 0.29) is 17.6 Å². The van der Waals surface area contributed by atoms with Crippen LogP contribution < -0.4 is 0 Å². The van der Waals surface area contributed by atoms with Crippen molar-refractivity contribution in [3.05, 3.63) is 76.2 Å². The maximum atomic E-state index is 13.4. The number of carbonyl (C=O) groups is 2. The van der Waals surface area contributed by atoms with E-state index in [0.717, 1.165) is 31.5 Å². The minimum atomic E-state index is -0.372. The number of carbonyl (C=O) groups excluding carboxylic acids is 2. The molecule has 2 amide bonds. The molecule has 2 heterocycles. The van der Waals surface area contributed by atoms with Gasteiger partial charge in [0.05, 0.1) is 5.57 Å². The van der Waals surface area contributed by atoms with E-state index in [2.05, 4.69) is 0 Å². The summed E-state index contributed by atoms with van der Waals surface area (Å²) in [6, 6.07) is 13.1. The number of halogens is 2. The van der Waals surface area contributed by atoms with Crippen LogP contribution in [-0.4, -0.2) is 41.2 Å². The van der Waals surface area contributed by atoms with Gasteiger partial charge >= 0.3 is 0 Å². The Hall–Kier alpha value is -2.66. The summed E-state index contributed by atoms with van der Waals surface area (Å²) >= 11 is 5.92. The van der Waals surface area contributed by atoms with Crippen molar-refractivity contribution in [3.63, 3.8) is 0 Å². The Morgan fingerprint density at radius 3 is 2.18 bits per heavy atom. The molecule has 144 valence electrons. The van der Waals surface area contributed by atoms with Gasteiger partial charge in [-0.1, -0.05) is 35.9 Å². The maximum absolute atomic E-state index is 13.4.